The largest absolute Gasteiger partial charge is 0.488 e. The molecule has 2 aromatic carbocycles. The lowest BCUT2D eigenvalue weighted by atomic mass is 10.1. The maximum absolute atomic E-state index is 13.1. The summed E-state index contributed by atoms with van der Waals surface area (Å²) < 4.78 is 24.1. The molecule has 0 radical (unpaired) electrons. The van der Waals surface area contributed by atoms with Gasteiger partial charge in [0.15, 0.2) is 0 Å². The highest BCUT2D eigenvalue weighted by molar-refractivity contribution is 5.94. The first-order valence-corrected chi connectivity index (χ1v) is 8.88. The van der Waals surface area contributed by atoms with E-state index < -0.39 is 0 Å². The fourth-order valence-corrected chi connectivity index (χ4v) is 2.93. The summed E-state index contributed by atoms with van der Waals surface area (Å²) >= 11 is 0. The number of amides is 1. The number of hydrogen-bond acceptors (Lipinski definition) is 3. The van der Waals surface area contributed by atoms with Crippen molar-refractivity contribution in [3.63, 3.8) is 0 Å². The molecule has 1 atom stereocenters. The molecule has 0 N–H and O–H groups in total. The summed E-state index contributed by atoms with van der Waals surface area (Å²) in [4.78, 5) is 14.7. The quantitative estimate of drug-likeness (QED) is 0.716. The monoisotopic (exact) mass is 357 g/mol. The molecule has 1 saturated carbocycles. The Morgan fingerprint density at radius 2 is 1.96 bits per heavy atom. The van der Waals surface area contributed by atoms with Crippen LogP contribution in [0.4, 0.5) is 4.39 Å². The van der Waals surface area contributed by atoms with Crippen molar-refractivity contribution in [3.8, 4) is 5.75 Å². The Morgan fingerprint density at radius 1 is 1.23 bits per heavy atom. The van der Waals surface area contributed by atoms with Crippen molar-refractivity contribution in [2.45, 2.75) is 38.5 Å². The first-order chi connectivity index (χ1) is 12.6. The van der Waals surface area contributed by atoms with E-state index in [1.165, 1.54) is 12.1 Å². The number of nitrogens with zero attached hydrogens (tertiary/aromatic N) is 1. The van der Waals surface area contributed by atoms with Gasteiger partial charge in [-0.2, -0.15) is 0 Å². The van der Waals surface area contributed by atoms with E-state index in [-0.39, 0.29) is 23.9 Å². The molecule has 1 fully saturated rings. The molecule has 5 heteroatoms. The predicted octanol–water partition coefficient (Wildman–Crippen LogP) is 4.04. The van der Waals surface area contributed by atoms with E-state index >= 15 is 0 Å². The molecule has 138 valence electrons. The number of carbonyl (C=O) groups excluding carboxylic acids is 1. The summed E-state index contributed by atoms with van der Waals surface area (Å²) in [6, 6.07) is 13.8. The Hall–Kier alpha value is -2.40. The van der Waals surface area contributed by atoms with Gasteiger partial charge in [-0.3, -0.25) is 4.79 Å². The van der Waals surface area contributed by atoms with Gasteiger partial charge in [-0.25, -0.2) is 4.39 Å². The van der Waals surface area contributed by atoms with Crippen molar-refractivity contribution in [1.82, 2.24) is 4.90 Å². The number of methoxy groups -OCH3 is 1. The van der Waals surface area contributed by atoms with Crippen molar-refractivity contribution in [3.05, 3.63) is 65.5 Å². The Bertz CT molecular complexity index is 743. The molecule has 4 nitrogen and oxygen atoms in total. The summed E-state index contributed by atoms with van der Waals surface area (Å²) in [5.41, 5.74) is 1.52. The van der Waals surface area contributed by atoms with Crippen LogP contribution in [0.25, 0.3) is 0 Å². The third-order valence-electron chi connectivity index (χ3n) is 4.33. The van der Waals surface area contributed by atoms with Crippen LogP contribution in [-0.2, 0) is 11.3 Å². The van der Waals surface area contributed by atoms with Crippen molar-refractivity contribution in [2.24, 2.45) is 0 Å². The van der Waals surface area contributed by atoms with Crippen LogP contribution in [0.15, 0.2) is 48.5 Å². The number of ether oxygens (including phenoxy) is 2. The zero-order valence-electron chi connectivity index (χ0n) is 15.2. The van der Waals surface area contributed by atoms with Gasteiger partial charge in [0, 0.05) is 25.3 Å². The minimum atomic E-state index is -0.338. The maximum atomic E-state index is 13.1. The van der Waals surface area contributed by atoms with Crippen LogP contribution >= 0.6 is 0 Å². The molecular formula is C21H24FNO3. The van der Waals surface area contributed by atoms with Gasteiger partial charge < -0.3 is 14.4 Å². The lowest BCUT2D eigenvalue weighted by molar-refractivity contribution is 0.0729. The van der Waals surface area contributed by atoms with E-state index in [4.69, 9.17) is 9.47 Å². The van der Waals surface area contributed by atoms with Crippen LogP contribution in [0.5, 0.6) is 5.75 Å². The van der Waals surface area contributed by atoms with Gasteiger partial charge in [0.1, 0.15) is 17.7 Å². The van der Waals surface area contributed by atoms with Gasteiger partial charge >= 0.3 is 0 Å². The standard InChI is InChI=1S/C21H24FNO3/c1-15(14-25-2)26-20-5-3-4-16(12-20)13-23(19-10-11-19)21(24)17-6-8-18(22)9-7-17/h3-9,12,15,19H,10-11,13-14H2,1-2H3/t15-/m0/s1. The molecular weight excluding hydrogens is 333 g/mol. The van der Waals surface area contributed by atoms with E-state index in [0.29, 0.717) is 18.7 Å². The molecule has 0 bridgehead atoms. The van der Waals surface area contributed by atoms with Crippen LogP contribution in [0.3, 0.4) is 0 Å². The Balaban J connectivity index is 1.72. The average molecular weight is 357 g/mol. The average Bonchev–Trinajstić information content (AvgIpc) is 3.45. The third kappa shape index (κ3) is 4.82. The molecule has 3 rings (SSSR count). The number of halogens is 1. The van der Waals surface area contributed by atoms with Gasteiger partial charge in [0.25, 0.3) is 5.91 Å². The van der Waals surface area contributed by atoms with E-state index in [9.17, 15) is 9.18 Å². The summed E-state index contributed by atoms with van der Waals surface area (Å²) in [6.45, 7) is 2.98. The molecule has 2 aromatic rings. The van der Waals surface area contributed by atoms with E-state index in [0.717, 1.165) is 24.2 Å². The summed E-state index contributed by atoms with van der Waals surface area (Å²) in [7, 11) is 1.64. The van der Waals surface area contributed by atoms with E-state index in [2.05, 4.69) is 0 Å². The second kappa shape index (κ2) is 8.32. The second-order valence-electron chi connectivity index (χ2n) is 6.70. The molecule has 0 spiro atoms. The van der Waals surface area contributed by atoms with Crippen molar-refractivity contribution < 1.29 is 18.7 Å². The van der Waals surface area contributed by atoms with Crippen LogP contribution in [0.2, 0.25) is 0 Å². The van der Waals surface area contributed by atoms with Crippen LogP contribution in [0, 0.1) is 5.82 Å². The Kier molecular flexibility index (Phi) is 5.89. The van der Waals surface area contributed by atoms with Gasteiger partial charge in [0.05, 0.1) is 6.61 Å². The number of rotatable bonds is 8. The maximum Gasteiger partial charge on any atom is 0.254 e. The predicted molar refractivity (Wildman–Crippen MR) is 97.7 cm³/mol. The minimum Gasteiger partial charge on any atom is -0.488 e. The lowest BCUT2D eigenvalue weighted by Gasteiger charge is -2.23. The lowest BCUT2D eigenvalue weighted by Crippen LogP contribution is -2.32. The van der Waals surface area contributed by atoms with Crippen LogP contribution in [0.1, 0.15) is 35.7 Å². The Morgan fingerprint density at radius 3 is 2.62 bits per heavy atom. The van der Waals surface area contributed by atoms with Gasteiger partial charge in [0.2, 0.25) is 0 Å². The molecule has 0 heterocycles. The molecule has 26 heavy (non-hydrogen) atoms. The third-order valence-corrected chi connectivity index (χ3v) is 4.33. The Labute approximate surface area is 153 Å². The zero-order chi connectivity index (χ0) is 18.5. The van der Waals surface area contributed by atoms with E-state index in [1.807, 2.05) is 36.1 Å². The molecule has 0 saturated heterocycles. The van der Waals surface area contributed by atoms with Gasteiger partial charge in [-0.05, 0) is 61.7 Å². The molecule has 1 aliphatic rings. The molecule has 0 aliphatic heterocycles. The fourth-order valence-electron chi connectivity index (χ4n) is 2.93. The number of benzene rings is 2. The first-order valence-electron chi connectivity index (χ1n) is 8.88. The molecule has 0 aromatic heterocycles. The van der Waals surface area contributed by atoms with Crippen LogP contribution in [-0.4, -0.2) is 36.7 Å². The molecule has 1 amide bonds. The van der Waals surface area contributed by atoms with Crippen molar-refractivity contribution in [1.29, 1.82) is 0 Å². The van der Waals surface area contributed by atoms with Gasteiger partial charge in [-0.1, -0.05) is 12.1 Å². The highest BCUT2D eigenvalue weighted by Crippen LogP contribution is 2.30. The second-order valence-corrected chi connectivity index (χ2v) is 6.70. The van der Waals surface area contributed by atoms with Gasteiger partial charge in [-0.15, -0.1) is 0 Å². The smallest absolute Gasteiger partial charge is 0.254 e. The highest BCUT2D eigenvalue weighted by Gasteiger charge is 2.33. The molecule has 0 unspecified atom stereocenters. The summed E-state index contributed by atoms with van der Waals surface area (Å²) in [5, 5.41) is 0. The highest BCUT2D eigenvalue weighted by atomic mass is 19.1. The number of hydrogen-bond donors (Lipinski definition) is 0. The van der Waals surface area contributed by atoms with Crippen LogP contribution < -0.4 is 4.74 Å². The van der Waals surface area contributed by atoms with E-state index in [1.54, 1.807) is 19.2 Å². The normalized spacial score (nSPS) is 14.7. The fraction of sp³-hybridized carbons (Fsp3) is 0.381. The first kappa shape index (κ1) is 18.4. The summed E-state index contributed by atoms with van der Waals surface area (Å²) in [5.74, 6) is 0.359. The zero-order valence-corrected chi connectivity index (χ0v) is 15.2. The van der Waals surface area contributed by atoms with Crippen molar-refractivity contribution >= 4 is 5.91 Å². The van der Waals surface area contributed by atoms with Crippen molar-refractivity contribution in [2.75, 3.05) is 13.7 Å². The minimum absolute atomic E-state index is 0.0457. The molecule has 1 aliphatic carbocycles. The number of carbonyl (C=O) groups is 1. The summed E-state index contributed by atoms with van der Waals surface area (Å²) in [6.07, 6.45) is 1.97. The topological polar surface area (TPSA) is 38.8 Å². The SMILES string of the molecule is COC[C@H](C)Oc1cccc(CN(C(=O)c2ccc(F)cc2)C2CC2)c1.